The average molecular weight is 514 g/mol. The number of hydrogen-bond donors (Lipinski definition) is 0. The van der Waals surface area contributed by atoms with E-state index in [9.17, 15) is 0 Å². The molecule has 0 aromatic heterocycles. The summed E-state index contributed by atoms with van der Waals surface area (Å²) in [6, 6.07) is 20.8. The quantitative estimate of drug-likeness (QED) is 0.229. The van der Waals surface area contributed by atoms with Crippen LogP contribution in [0.1, 0.15) is 73.1 Å². The summed E-state index contributed by atoms with van der Waals surface area (Å²) in [5, 5.41) is 0. The van der Waals surface area contributed by atoms with Crippen LogP contribution in [0.2, 0.25) is 13.3 Å². The second-order valence-corrected chi connectivity index (χ2v) is 22.7. The minimum absolute atomic E-state index is 0.627. The number of rotatable bonds is 14. The van der Waals surface area contributed by atoms with Crippen molar-refractivity contribution in [3.63, 3.8) is 0 Å². The van der Waals surface area contributed by atoms with E-state index in [1.165, 1.54) is 49.9 Å². The Hall–Kier alpha value is -0.961. The van der Waals surface area contributed by atoms with E-state index in [0.717, 1.165) is 6.54 Å². The second kappa shape index (κ2) is 13.5. The molecule has 0 radical (unpaired) electrons. The van der Waals surface area contributed by atoms with Crippen molar-refractivity contribution in [3.8, 4) is 0 Å². The first kappa shape index (κ1) is 25.3. The van der Waals surface area contributed by atoms with Crippen molar-refractivity contribution in [3.05, 3.63) is 54.6 Å². The molecular formula is C28H45NSn. The summed E-state index contributed by atoms with van der Waals surface area (Å²) in [7, 11) is 0. The predicted molar refractivity (Wildman–Crippen MR) is 139 cm³/mol. The molecule has 0 heterocycles. The SMILES string of the molecule is CCC[CH2][Sn]([CH2]CCC)([CH2]CCC)[c]1ccc(N(CC(C)C)c2ccccc2)cc1. The maximum absolute atomic E-state index is 2.54. The Morgan fingerprint density at radius 2 is 1.13 bits per heavy atom. The standard InChI is InChI=1S/C16H18N.3C4H9.Sn/c1-14(2)13-17(15-9-5-3-6-10-15)16-11-7-4-8-12-16;3*1-3-4-2;/h3,5-12,14H,13H2,1-2H3;3*1,3-4H2,2H3;. The van der Waals surface area contributed by atoms with Crippen molar-refractivity contribution in [2.75, 3.05) is 11.4 Å². The Balaban J connectivity index is 2.37. The van der Waals surface area contributed by atoms with Gasteiger partial charge >= 0.3 is 192 Å². The predicted octanol–water partition coefficient (Wildman–Crippen LogP) is 8.54. The molecule has 0 aliphatic rings. The fourth-order valence-electron chi connectivity index (χ4n) is 4.68. The zero-order valence-electron chi connectivity index (χ0n) is 20.3. The van der Waals surface area contributed by atoms with Crippen LogP contribution in [0.25, 0.3) is 0 Å². The van der Waals surface area contributed by atoms with Gasteiger partial charge in [-0.15, -0.1) is 0 Å². The minimum atomic E-state index is -2.33. The van der Waals surface area contributed by atoms with Crippen LogP contribution in [-0.4, -0.2) is 24.9 Å². The van der Waals surface area contributed by atoms with Crippen LogP contribution >= 0.6 is 0 Å². The van der Waals surface area contributed by atoms with Crippen LogP contribution < -0.4 is 8.48 Å². The van der Waals surface area contributed by atoms with Crippen molar-refractivity contribution in [2.45, 2.75) is 86.5 Å². The third kappa shape index (κ3) is 7.32. The molecule has 2 heteroatoms. The van der Waals surface area contributed by atoms with Crippen LogP contribution in [0.3, 0.4) is 0 Å². The number of unbranched alkanes of at least 4 members (excludes halogenated alkanes) is 3. The van der Waals surface area contributed by atoms with Gasteiger partial charge in [-0.3, -0.25) is 0 Å². The van der Waals surface area contributed by atoms with Crippen molar-refractivity contribution < 1.29 is 0 Å². The van der Waals surface area contributed by atoms with E-state index in [1.807, 2.05) is 0 Å². The summed E-state index contributed by atoms with van der Waals surface area (Å²) in [6.45, 7) is 12.8. The van der Waals surface area contributed by atoms with E-state index in [-0.39, 0.29) is 0 Å². The molecule has 0 saturated carbocycles. The number of para-hydroxylation sites is 1. The van der Waals surface area contributed by atoms with Crippen molar-refractivity contribution >= 4 is 33.3 Å². The van der Waals surface area contributed by atoms with Gasteiger partial charge in [0, 0.05) is 0 Å². The molecular weight excluding hydrogens is 469 g/mol. The van der Waals surface area contributed by atoms with Crippen molar-refractivity contribution in [1.82, 2.24) is 0 Å². The van der Waals surface area contributed by atoms with E-state index < -0.39 is 18.4 Å². The fraction of sp³-hybridized carbons (Fsp3) is 0.571. The summed E-state index contributed by atoms with van der Waals surface area (Å²) in [4.78, 5) is 2.50. The molecule has 1 nitrogen and oxygen atoms in total. The Bertz CT molecular complexity index is 671. The molecule has 0 aliphatic carbocycles. The average Bonchev–Trinajstić information content (AvgIpc) is 2.78. The molecule has 2 aromatic rings. The summed E-state index contributed by atoms with van der Waals surface area (Å²) < 4.78 is 6.40. The van der Waals surface area contributed by atoms with Gasteiger partial charge in [-0.25, -0.2) is 0 Å². The van der Waals surface area contributed by atoms with E-state index in [1.54, 1.807) is 16.9 Å². The summed E-state index contributed by atoms with van der Waals surface area (Å²) >= 11 is -2.33. The van der Waals surface area contributed by atoms with Crippen molar-refractivity contribution in [2.24, 2.45) is 5.92 Å². The van der Waals surface area contributed by atoms with Crippen LogP contribution in [0.5, 0.6) is 0 Å². The first-order chi connectivity index (χ1) is 14.6. The molecule has 30 heavy (non-hydrogen) atoms. The monoisotopic (exact) mass is 515 g/mol. The topological polar surface area (TPSA) is 3.24 Å². The van der Waals surface area contributed by atoms with Gasteiger partial charge in [0.25, 0.3) is 0 Å². The van der Waals surface area contributed by atoms with E-state index in [4.69, 9.17) is 0 Å². The van der Waals surface area contributed by atoms with Gasteiger partial charge in [0.1, 0.15) is 0 Å². The molecule has 0 bridgehead atoms. The van der Waals surface area contributed by atoms with Crippen molar-refractivity contribution in [1.29, 1.82) is 0 Å². The normalized spacial score (nSPS) is 11.8. The van der Waals surface area contributed by atoms with Crippen LogP contribution in [0, 0.1) is 5.92 Å². The second-order valence-electron chi connectivity index (χ2n) is 9.48. The van der Waals surface area contributed by atoms with Gasteiger partial charge in [-0.2, -0.15) is 0 Å². The van der Waals surface area contributed by atoms with Gasteiger partial charge in [-0.05, 0) is 0 Å². The van der Waals surface area contributed by atoms with Crippen LogP contribution in [0.15, 0.2) is 54.6 Å². The molecule has 2 aromatic carbocycles. The first-order valence-electron chi connectivity index (χ1n) is 12.5. The van der Waals surface area contributed by atoms with E-state index in [0.29, 0.717) is 5.92 Å². The molecule has 0 atom stereocenters. The molecule has 0 aliphatic heterocycles. The van der Waals surface area contributed by atoms with Gasteiger partial charge in [-0.1, -0.05) is 0 Å². The Labute approximate surface area is 191 Å². The van der Waals surface area contributed by atoms with Gasteiger partial charge in [0.05, 0.1) is 0 Å². The van der Waals surface area contributed by atoms with Crippen LogP contribution in [-0.2, 0) is 0 Å². The molecule has 0 spiro atoms. The fourth-order valence-corrected chi connectivity index (χ4v) is 20.6. The summed E-state index contributed by atoms with van der Waals surface area (Å²) in [5.41, 5.74) is 2.65. The van der Waals surface area contributed by atoms with Gasteiger partial charge in [0.2, 0.25) is 0 Å². The number of nitrogens with zero attached hydrogens (tertiary/aromatic N) is 1. The Morgan fingerprint density at radius 1 is 0.667 bits per heavy atom. The summed E-state index contributed by atoms with van der Waals surface area (Å²) in [6.07, 6.45) is 8.29. The number of anilines is 2. The van der Waals surface area contributed by atoms with Crippen LogP contribution in [0.4, 0.5) is 11.4 Å². The molecule has 0 unspecified atom stereocenters. The molecule has 0 saturated heterocycles. The maximum atomic E-state index is 2.54. The molecule has 166 valence electrons. The zero-order chi connectivity index (χ0) is 21.8. The molecule has 0 N–H and O–H groups in total. The summed E-state index contributed by atoms with van der Waals surface area (Å²) in [5.74, 6) is 0.627. The third-order valence-electron chi connectivity index (χ3n) is 6.43. The Morgan fingerprint density at radius 3 is 1.57 bits per heavy atom. The number of hydrogen-bond acceptors (Lipinski definition) is 1. The van der Waals surface area contributed by atoms with E-state index >= 15 is 0 Å². The molecule has 0 amide bonds. The molecule has 0 fully saturated rings. The van der Waals surface area contributed by atoms with Gasteiger partial charge in [0.15, 0.2) is 0 Å². The number of benzene rings is 2. The Kier molecular flexibility index (Phi) is 11.3. The zero-order valence-corrected chi connectivity index (χ0v) is 23.1. The third-order valence-corrected chi connectivity index (χ3v) is 22.1. The van der Waals surface area contributed by atoms with Gasteiger partial charge < -0.3 is 0 Å². The first-order valence-corrected chi connectivity index (χ1v) is 20.0. The molecule has 2 rings (SSSR count). The van der Waals surface area contributed by atoms with E-state index in [2.05, 4.69) is 94.1 Å².